The molecule has 4 heteroatoms. The highest BCUT2D eigenvalue weighted by molar-refractivity contribution is 5.31. The van der Waals surface area contributed by atoms with Crippen LogP contribution in [0.4, 0.5) is 8.78 Å². The van der Waals surface area contributed by atoms with Crippen molar-refractivity contribution in [3.8, 4) is 17.6 Å². The van der Waals surface area contributed by atoms with Crippen molar-refractivity contribution in [2.75, 3.05) is 6.61 Å². The third-order valence-electron chi connectivity index (χ3n) is 2.88. The number of nitrogens with one attached hydrogen (secondary N) is 1. The van der Waals surface area contributed by atoms with Crippen LogP contribution in [0.5, 0.6) is 5.75 Å². The van der Waals surface area contributed by atoms with Gasteiger partial charge in [-0.1, -0.05) is 0 Å². The molecule has 2 rings (SSSR count). The van der Waals surface area contributed by atoms with E-state index in [4.69, 9.17) is 4.74 Å². The van der Waals surface area contributed by atoms with Gasteiger partial charge in [-0.2, -0.15) is 0 Å². The standard InChI is InChI=1S/C15H17F2NO/c1-2-3-4-7-19-15-13(16)8-11(9-14(15)17)10-18-12-5-6-12/h8-9,12,18H,4-7,10H2,1H3. The van der Waals surface area contributed by atoms with E-state index in [0.717, 1.165) is 12.8 Å². The summed E-state index contributed by atoms with van der Waals surface area (Å²) in [5.41, 5.74) is 0.600. The fourth-order valence-corrected chi connectivity index (χ4v) is 1.73. The maximum Gasteiger partial charge on any atom is 0.190 e. The van der Waals surface area contributed by atoms with Crippen LogP contribution in [0, 0.1) is 23.5 Å². The SMILES string of the molecule is CC#CCCOc1c(F)cc(CNC2CC2)cc1F. The maximum atomic E-state index is 13.7. The number of rotatable bonds is 6. The first-order chi connectivity index (χ1) is 9.20. The average molecular weight is 265 g/mol. The number of hydrogen-bond acceptors (Lipinski definition) is 2. The Labute approximate surface area is 112 Å². The average Bonchev–Trinajstić information content (AvgIpc) is 3.18. The molecule has 0 radical (unpaired) electrons. The molecule has 0 amide bonds. The molecule has 0 unspecified atom stereocenters. The quantitative estimate of drug-likeness (QED) is 0.630. The fraction of sp³-hybridized carbons (Fsp3) is 0.467. The molecule has 1 aromatic rings. The first-order valence-corrected chi connectivity index (χ1v) is 6.44. The van der Waals surface area contributed by atoms with Gasteiger partial charge in [-0.05, 0) is 37.5 Å². The molecule has 1 N–H and O–H groups in total. The van der Waals surface area contributed by atoms with E-state index in [0.29, 0.717) is 24.6 Å². The minimum Gasteiger partial charge on any atom is -0.487 e. The molecule has 0 aliphatic heterocycles. The summed E-state index contributed by atoms with van der Waals surface area (Å²) in [6.07, 6.45) is 2.75. The lowest BCUT2D eigenvalue weighted by Crippen LogP contribution is -2.15. The number of halogens is 2. The highest BCUT2D eigenvalue weighted by Crippen LogP contribution is 2.24. The van der Waals surface area contributed by atoms with Crippen LogP contribution in [0.25, 0.3) is 0 Å². The van der Waals surface area contributed by atoms with Gasteiger partial charge in [0.2, 0.25) is 0 Å². The summed E-state index contributed by atoms with van der Waals surface area (Å²) >= 11 is 0. The highest BCUT2D eigenvalue weighted by atomic mass is 19.1. The molecule has 1 saturated carbocycles. The van der Waals surface area contributed by atoms with Gasteiger partial charge in [0.05, 0.1) is 6.61 Å². The molecule has 1 aliphatic rings. The van der Waals surface area contributed by atoms with Crippen LogP contribution in [0.2, 0.25) is 0 Å². The van der Waals surface area contributed by atoms with E-state index in [1.807, 2.05) is 0 Å². The molecule has 19 heavy (non-hydrogen) atoms. The predicted octanol–water partition coefficient (Wildman–Crippen LogP) is 3.01. The Bertz CT molecular complexity index is 478. The Balaban J connectivity index is 1.96. The van der Waals surface area contributed by atoms with Crippen LogP contribution < -0.4 is 10.1 Å². The van der Waals surface area contributed by atoms with Gasteiger partial charge >= 0.3 is 0 Å². The molecule has 0 spiro atoms. The third kappa shape index (κ3) is 4.22. The molecule has 0 atom stereocenters. The zero-order valence-electron chi connectivity index (χ0n) is 10.9. The summed E-state index contributed by atoms with van der Waals surface area (Å²) in [6.45, 7) is 2.39. The van der Waals surface area contributed by atoms with E-state index in [9.17, 15) is 8.78 Å². The predicted molar refractivity (Wildman–Crippen MR) is 69.8 cm³/mol. The van der Waals surface area contributed by atoms with Crippen molar-refractivity contribution in [2.24, 2.45) is 0 Å². The molecule has 0 heterocycles. The second-order valence-electron chi connectivity index (χ2n) is 4.57. The smallest absolute Gasteiger partial charge is 0.190 e. The number of benzene rings is 1. The van der Waals surface area contributed by atoms with E-state index in [1.165, 1.54) is 12.1 Å². The topological polar surface area (TPSA) is 21.3 Å². The van der Waals surface area contributed by atoms with Crippen molar-refractivity contribution in [2.45, 2.75) is 38.8 Å². The van der Waals surface area contributed by atoms with Crippen molar-refractivity contribution in [1.82, 2.24) is 5.32 Å². The van der Waals surface area contributed by atoms with Crippen molar-refractivity contribution in [1.29, 1.82) is 0 Å². The Kier molecular flexibility index (Phi) is 4.75. The van der Waals surface area contributed by atoms with Gasteiger partial charge in [0, 0.05) is 19.0 Å². The van der Waals surface area contributed by atoms with Crippen molar-refractivity contribution in [3.63, 3.8) is 0 Å². The molecule has 0 aromatic heterocycles. The van der Waals surface area contributed by atoms with Gasteiger partial charge in [0.25, 0.3) is 0 Å². The monoisotopic (exact) mass is 265 g/mol. The van der Waals surface area contributed by atoms with E-state index < -0.39 is 11.6 Å². The fourth-order valence-electron chi connectivity index (χ4n) is 1.73. The largest absolute Gasteiger partial charge is 0.487 e. The molecule has 1 aliphatic carbocycles. The summed E-state index contributed by atoms with van der Waals surface area (Å²) < 4.78 is 32.6. The second kappa shape index (κ2) is 6.53. The summed E-state index contributed by atoms with van der Waals surface area (Å²) in [5.74, 6) is 3.86. The molecule has 1 aromatic carbocycles. The van der Waals surface area contributed by atoms with E-state index in [2.05, 4.69) is 17.2 Å². The normalized spacial score (nSPS) is 13.8. The number of hydrogen-bond donors (Lipinski definition) is 1. The lowest BCUT2D eigenvalue weighted by molar-refractivity contribution is 0.292. The lowest BCUT2D eigenvalue weighted by Gasteiger charge is -2.09. The Hall–Kier alpha value is -1.60. The summed E-state index contributed by atoms with van der Waals surface area (Å²) in [4.78, 5) is 0. The highest BCUT2D eigenvalue weighted by Gasteiger charge is 2.20. The van der Waals surface area contributed by atoms with E-state index in [1.54, 1.807) is 6.92 Å². The summed E-state index contributed by atoms with van der Waals surface area (Å²) in [5, 5.41) is 3.21. The third-order valence-corrected chi connectivity index (χ3v) is 2.88. The van der Waals surface area contributed by atoms with Crippen LogP contribution in [-0.4, -0.2) is 12.6 Å². The minimum atomic E-state index is -0.656. The first kappa shape index (κ1) is 13.8. The number of ether oxygens (including phenoxy) is 1. The van der Waals surface area contributed by atoms with Crippen LogP contribution in [0.1, 0.15) is 31.7 Å². The molecule has 2 nitrogen and oxygen atoms in total. The first-order valence-electron chi connectivity index (χ1n) is 6.44. The molecule has 0 saturated heterocycles. The van der Waals surface area contributed by atoms with Crippen molar-refractivity contribution < 1.29 is 13.5 Å². The van der Waals surface area contributed by atoms with Crippen LogP contribution in [-0.2, 0) is 6.54 Å². The van der Waals surface area contributed by atoms with E-state index in [-0.39, 0.29) is 12.4 Å². The maximum absolute atomic E-state index is 13.7. The molecule has 102 valence electrons. The zero-order chi connectivity index (χ0) is 13.7. The van der Waals surface area contributed by atoms with Gasteiger partial charge < -0.3 is 10.1 Å². The van der Waals surface area contributed by atoms with Gasteiger partial charge in [-0.3, -0.25) is 0 Å². The Morgan fingerprint density at radius 1 is 1.32 bits per heavy atom. The van der Waals surface area contributed by atoms with Gasteiger partial charge in [-0.25, -0.2) is 8.78 Å². The van der Waals surface area contributed by atoms with Crippen LogP contribution >= 0.6 is 0 Å². The van der Waals surface area contributed by atoms with E-state index >= 15 is 0 Å². The Morgan fingerprint density at radius 2 is 2.00 bits per heavy atom. The second-order valence-corrected chi connectivity index (χ2v) is 4.57. The van der Waals surface area contributed by atoms with Gasteiger partial charge in [-0.15, -0.1) is 11.8 Å². The summed E-state index contributed by atoms with van der Waals surface area (Å²) in [7, 11) is 0. The minimum absolute atomic E-state index is 0.189. The van der Waals surface area contributed by atoms with Crippen molar-refractivity contribution in [3.05, 3.63) is 29.3 Å². The van der Waals surface area contributed by atoms with Crippen LogP contribution in [0.15, 0.2) is 12.1 Å². The Morgan fingerprint density at radius 3 is 2.58 bits per heavy atom. The molecular weight excluding hydrogens is 248 g/mol. The molecule has 0 bridgehead atoms. The molecule has 1 fully saturated rings. The molecular formula is C15H17F2NO. The zero-order valence-corrected chi connectivity index (χ0v) is 10.9. The van der Waals surface area contributed by atoms with Crippen molar-refractivity contribution >= 4 is 0 Å². The lowest BCUT2D eigenvalue weighted by atomic mass is 10.2. The summed E-state index contributed by atoms with van der Waals surface area (Å²) in [6, 6.07) is 3.15. The van der Waals surface area contributed by atoms with Crippen LogP contribution in [0.3, 0.4) is 0 Å². The van der Waals surface area contributed by atoms with Gasteiger partial charge in [0.15, 0.2) is 17.4 Å². The van der Waals surface area contributed by atoms with Gasteiger partial charge in [0.1, 0.15) is 0 Å².